The van der Waals surface area contributed by atoms with Gasteiger partial charge in [0, 0.05) is 10.0 Å². The minimum absolute atomic E-state index is 0.314. The fourth-order valence-corrected chi connectivity index (χ4v) is 3.53. The van der Waals surface area contributed by atoms with E-state index in [0.717, 1.165) is 10.2 Å². The summed E-state index contributed by atoms with van der Waals surface area (Å²) < 4.78 is 8.14. The molecular formula is C19H13BrN6O2S. The van der Waals surface area contributed by atoms with Gasteiger partial charge in [-0.05, 0) is 64.7 Å². The Morgan fingerprint density at radius 3 is 2.83 bits per heavy atom. The van der Waals surface area contributed by atoms with Crippen molar-refractivity contribution >= 4 is 39.8 Å². The van der Waals surface area contributed by atoms with Crippen LogP contribution in [-0.2, 0) is 0 Å². The second kappa shape index (κ2) is 8.84. The second-order valence-corrected chi connectivity index (χ2v) is 7.56. The number of halogens is 1. The fourth-order valence-electron chi connectivity index (χ4n) is 2.37. The molecule has 144 valence electrons. The number of aromatic nitrogens is 4. The largest absolute Gasteiger partial charge is 0.448 e. The average molecular weight is 469 g/mol. The molecule has 4 aromatic rings. The molecule has 1 N–H and O–H groups in total. The first-order valence-corrected chi connectivity index (χ1v) is 10.0. The number of carbonyl (C=O) groups is 1. The Kier molecular flexibility index (Phi) is 5.82. The van der Waals surface area contributed by atoms with Gasteiger partial charge >= 0.3 is 0 Å². The van der Waals surface area contributed by atoms with Crippen LogP contribution in [0, 0.1) is 0 Å². The summed E-state index contributed by atoms with van der Waals surface area (Å²) in [6.07, 6.45) is 1.43. The van der Waals surface area contributed by atoms with Crippen LogP contribution in [0.5, 0.6) is 0 Å². The minimum atomic E-state index is -0.314. The molecule has 0 aliphatic rings. The number of hydrogen-bond acceptors (Lipinski definition) is 7. The van der Waals surface area contributed by atoms with Crippen LogP contribution < -0.4 is 5.43 Å². The van der Waals surface area contributed by atoms with Crippen LogP contribution >= 0.6 is 27.7 Å². The quantitative estimate of drug-likeness (QED) is 0.340. The van der Waals surface area contributed by atoms with Gasteiger partial charge in [0.25, 0.3) is 5.91 Å². The van der Waals surface area contributed by atoms with Crippen LogP contribution in [0.2, 0.25) is 0 Å². The lowest BCUT2D eigenvalue weighted by Crippen LogP contribution is -2.17. The van der Waals surface area contributed by atoms with Gasteiger partial charge in [0.1, 0.15) is 5.76 Å². The van der Waals surface area contributed by atoms with E-state index in [1.807, 2.05) is 36.4 Å². The zero-order valence-corrected chi connectivity index (χ0v) is 17.2. The number of para-hydroxylation sites is 1. The van der Waals surface area contributed by atoms with Crippen LogP contribution in [0.3, 0.4) is 0 Å². The molecule has 0 aliphatic heterocycles. The maximum atomic E-state index is 12.1. The van der Waals surface area contributed by atoms with E-state index in [1.54, 1.807) is 35.0 Å². The third kappa shape index (κ3) is 4.79. The Bertz CT molecular complexity index is 1160. The van der Waals surface area contributed by atoms with E-state index in [1.165, 1.54) is 18.0 Å². The summed E-state index contributed by atoms with van der Waals surface area (Å²) in [5.74, 6) is 0.173. The molecule has 0 aliphatic carbocycles. The number of hydrazone groups is 1. The lowest BCUT2D eigenvalue weighted by Gasteiger charge is -2.01. The lowest BCUT2D eigenvalue weighted by atomic mass is 10.2. The number of amides is 1. The molecule has 0 unspecified atom stereocenters. The zero-order valence-electron chi connectivity index (χ0n) is 14.8. The maximum absolute atomic E-state index is 12.1. The first-order valence-electron chi connectivity index (χ1n) is 8.39. The molecule has 0 fully saturated rings. The van der Waals surface area contributed by atoms with Crippen LogP contribution in [0.4, 0.5) is 0 Å². The molecule has 4 rings (SSSR count). The Hall–Kier alpha value is -3.24. The molecule has 0 saturated carbocycles. The molecule has 0 spiro atoms. The molecule has 2 aromatic heterocycles. The standard InChI is InChI=1S/C19H13BrN6O2S/c20-14-6-4-5-13(11-14)18(27)22-21-12-16-9-10-17(28-16)29-19-23-24-25-26(19)15-7-2-1-3-8-15/h1-12H,(H,22,27)/b21-12+. The maximum Gasteiger partial charge on any atom is 0.271 e. The number of rotatable bonds is 6. The normalized spacial score (nSPS) is 11.1. The van der Waals surface area contributed by atoms with Crippen LogP contribution in [0.25, 0.3) is 5.69 Å². The van der Waals surface area contributed by atoms with E-state index in [-0.39, 0.29) is 5.91 Å². The number of hydrogen-bond donors (Lipinski definition) is 1. The van der Waals surface area contributed by atoms with Crippen LogP contribution in [0.1, 0.15) is 16.1 Å². The summed E-state index contributed by atoms with van der Waals surface area (Å²) >= 11 is 4.61. The number of nitrogens with one attached hydrogen (secondary N) is 1. The first kappa shape index (κ1) is 19.1. The molecular weight excluding hydrogens is 456 g/mol. The highest BCUT2D eigenvalue weighted by Gasteiger charge is 2.12. The van der Waals surface area contributed by atoms with Crippen LogP contribution in [-0.4, -0.2) is 32.3 Å². The van der Waals surface area contributed by atoms with Crippen molar-refractivity contribution in [1.29, 1.82) is 0 Å². The van der Waals surface area contributed by atoms with Gasteiger partial charge in [-0.3, -0.25) is 4.79 Å². The molecule has 10 heteroatoms. The van der Waals surface area contributed by atoms with Gasteiger partial charge in [0.05, 0.1) is 11.9 Å². The van der Waals surface area contributed by atoms with Gasteiger partial charge in [-0.1, -0.05) is 40.2 Å². The van der Waals surface area contributed by atoms with Crippen molar-refractivity contribution in [1.82, 2.24) is 25.6 Å². The molecule has 1 amide bonds. The molecule has 0 saturated heterocycles. The summed E-state index contributed by atoms with van der Waals surface area (Å²) in [4.78, 5) is 12.1. The van der Waals surface area contributed by atoms with Crippen molar-refractivity contribution in [3.05, 3.63) is 82.5 Å². The summed E-state index contributed by atoms with van der Waals surface area (Å²) in [5, 5.41) is 16.9. The van der Waals surface area contributed by atoms with Crippen molar-refractivity contribution in [3.8, 4) is 5.69 Å². The molecule has 8 nitrogen and oxygen atoms in total. The van der Waals surface area contributed by atoms with E-state index >= 15 is 0 Å². The third-order valence-electron chi connectivity index (χ3n) is 3.68. The van der Waals surface area contributed by atoms with Crippen molar-refractivity contribution in [3.63, 3.8) is 0 Å². The van der Waals surface area contributed by atoms with Crippen molar-refractivity contribution < 1.29 is 9.21 Å². The highest BCUT2D eigenvalue weighted by Crippen LogP contribution is 2.28. The van der Waals surface area contributed by atoms with Gasteiger partial charge < -0.3 is 4.42 Å². The molecule has 2 aromatic carbocycles. The van der Waals surface area contributed by atoms with Crippen molar-refractivity contribution in [2.75, 3.05) is 0 Å². The fraction of sp³-hybridized carbons (Fsp3) is 0. The number of tetrazole rings is 1. The Labute approximate surface area is 178 Å². The average Bonchev–Trinajstić information content (AvgIpc) is 3.38. The zero-order chi connectivity index (χ0) is 20.1. The smallest absolute Gasteiger partial charge is 0.271 e. The topological polar surface area (TPSA) is 98.2 Å². The second-order valence-electron chi connectivity index (χ2n) is 5.68. The van der Waals surface area contributed by atoms with Gasteiger partial charge in [-0.2, -0.15) is 9.78 Å². The lowest BCUT2D eigenvalue weighted by molar-refractivity contribution is 0.0955. The summed E-state index contributed by atoms with van der Waals surface area (Å²) in [5.41, 5.74) is 3.82. The Morgan fingerprint density at radius 1 is 1.14 bits per heavy atom. The van der Waals surface area contributed by atoms with E-state index < -0.39 is 0 Å². The van der Waals surface area contributed by atoms with Gasteiger partial charge in [0.15, 0.2) is 5.09 Å². The number of benzene rings is 2. The summed E-state index contributed by atoms with van der Waals surface area (Å²) in [6, 6.07) is 20.1. The molecule has 29 heavy (non-hydrogen) atoms. The molecule has 2 heterocycles. The monoisotopic (exact) mass is 468 g/mol. The summed E-state index contributed by atoms with van der Waals surface area (Å²) in [7, 11) is 0. The van der Waals surface area contributed by atoms with Gasteiger partial charge in [0.2, 0.25) is 5.16 Å². The van der Waals surface area contributed by atoms with E-state index in [4.69, 9.17) is 4.42 Å². The predicted molar refractivity (Wildman–Crippen MR) is 111 cm³/mol. The predicted octanol–water partition coefficient (Wildman–Crippen LogP) is 3.93. The van der Waals surface area contributed by atoms with Crippen LogP contribution in [0.15, 0.2) is 91.0 Å². The van der Waals surface area contributed by atoms with E-state index in [9.17, 15) is 4.79 Å². The van der Waals surface area contributed by atoms with E-state index in [0.29, 0.717) is 21.6 Å². The Morgan fingerprint density at radius 2 is 2.00 bits per heavy atom. The number of nitrogens with zero attached hydrogens (tertiary/aromatic N) is 5. The third-order valence-corrected chi connectivity index (χ3v) is 5.03. The highest BCUT2D eigenvalue weighted by molar-refractivity contribution is 9.10. The van der Waals surface area contributed by atoms with E-state index in [2.05, 4.69) is 42.0 Å². The minimum Gasteiger partial charge on any atom is -0.448 e. The summed E-state index contributed by atoms with van der Waals surface area (Å²) in [6.45, 7) is 0. The van der Waals surface area contributed by atoms with Gasteiger partial charge in [-0.25, -0.2) is 5.43 Å². The molecule has 0 bridgehead atoms. The highest BCUT2D eigenvalue weighted by atomic mass is 79.9. The Balaban J connectivity index is 1.40. The van der Waals surface area contributed by atoms with Crippen molar-refractivity contribution in [2.24, 2.45) is 5.10 Å². The van der Waals surface area contributed by atoms with Crippen molar-refractivity contribution in [2.45, 2.75) is 10.2 Å². The first-order chi connectivity index (χ1) is 14.2. The number of carbonyl (C=O) groups excluding carboxylic acids is 1. The van der Waals surface area contributed by atoms with Gasteiger partial charge in [-0.15, -0.1) is 5.10 Å². The number of furan rings is 1. The molecule has 0 radical (unpaired) electrons. The SMILES string of the molecule is O=C(N/N=C/c1ccc(Sc2nnnn2-c2ccccc2)o1)c1cccc(Br)c1. The molecule has 0 atom stereocenters.